The van der Waals surface area contributed by atoms with Crippen LogP contribution in [0.5, 0.6) is 0 Å². The molecule has 0 aliphatic rings. The number of nitrogens with two attached hydrogens (primary N) is 1. The highest BCUT2D eigenvalue weighted by Gasteiger charge is 2.11. The van der Waals surface area contributed by atoms with Crippen LogP contribution in [0.25, 0.3) is 0 Å². The molecule has 3 nitrogen and oxygen atoms in total. The second kappa shape index (κ2) is 4.46. The molecule has 0 saturated carbocycles. The van der Waals surface area contributed by atoms with Crippen LogP contribution in [-0.4, -0.2) is 12.5 Å². The van der Waals surface area contributed by atoms with Gasteiger partial charge >= 0.3 is 0 Å². The molecule has 0 unspecified atom stereocenters. The Balaban J connectivity index is 3.13. The highest BCUT2D eigenvalue weighted by Crippen LogP contribution is 2.25. The average molecular weight is 257 g/mol. The molecule has 0 atom stereocenters. The Labute approximate surface area is 91.8 Å². The zero-order valence-corrected chi connectivity index (χ0v) is 9.81. The standard InChI is InChI=1S/C10H13BrN2O/c1-3-13-10(14)7-4-6(2)5-8(11)9(7)12/h4-5H,3,12H2,1-2H3,(H,13,14). The summed E-state index contributed by atoms with van der Waals surface area (Å²) in [6, 6.07) is 3.67. The fraction of sp³-hybridized carbons (Fsp3) is 0.300. The highest BCUT2D eigenvalue weighted by molar-refractivity contribution is 9.10. The van der Waals surface area contributed by atoms with Crippen molar-refractivity contribution in [1.82, 2.24) is 5.32 Å². The van der Waals surface area contributed by atoms with E-state index in [0.29, 0.717) is 17.8 Å². The lowest BCUT2D eigenvalue weighted by molar-refractivity contribution is 0.0956. The summed E-state index contributed by atoms with van der Waals surface area (Å²) in [7, 11) is 0. The Morgan fingerprint density at radius 3 is 2.79 bits per heavy atom. The van der Waals surface area contributed by atoms with Crippen molar-refractivity contribution in [3.63, 3.8) is 0 Å². The normalized spacial score (nSPS) is 9.93. The van der Waals surface area contributed by atoms with Crippen molar-refractivity contribution in [2.75, 3.05) is 12.3 Å². The third-order valence-corrected chi connectivity index (χ3v) is 2.51. The molecule has 0 aromatic heterocycles. The molecular formula is C10H13BrN2O. The molecule has 0 spiro atoms. The summed E-state index contributed by atoms with van der Waals surface area (Å²) < 4.78 is 0.763. The van der Waals surface area contributed by atoms with Crippen molar-refractivity contribution in [2.45, 2.75) is 13.8 Å². The number of carbonyl (C=O) groups excluding carboxylic acids is 1. The molecule has 14 heavy (non-hydrogen) atoms. The molecule has 0 radical (unpaired) electrons. The number of nitrogens with one attached hydrogen (secondary N) is 1. The molecular weight excluding hydrogens is 244 g/mol. The predicted molar refractivity (Wildman–Crippen MR) is 61.3 cm³/mol. The van der Waals surface area contributed by atoms with E-state index >= 15 is 0 Å². The van der Waals surface area contributed by atoms with Crippen LogP contribution in [-0.2, 0) is 0 Å². The number of nitrogen functional groups attached to an aromatic ring is 1. The predicted octanol–water partition coefficient (Wildman–Crippen LogP) is 2.09. The maximum Gasteiger partial charge on any atom is 0.253 e. The SMILES string of the molecule is CCNC(=O)c1cc(C)cc(Br)c1N. The number of rotatable bonds is 2. The lowest BCUT2D eigenvalue weighted by Gasteiger charge is -2.08. The molecule has 1 rings (SSSR count). The number of amides is 1. The fourth-order valence-corrected chi connectivity index (χ4v) is 1.77. The summed E-state index contributed by atoms with van der Waals surface area (Å²) in [6.45, 7) is 4.40. The molecule has 0 saturated heterocycles. The third-order valence-electron chi connectivity index (χ3n) is 1.86. The van der Waals surface area contributed by atoms with E-state index in [1.54, 1.807) is 6.07 Å². The van der Waals surface area contributed by atoms with Crippen LogP contribution < -0.4 is 11.1 Å². The van der Waals surface area contributed by atoms with Gasteiger partial charge in [-0.15, -0.1) is 0 Å². The van der Waals surface area contributed by atoms with Crippen LogP contribution in [0, 0.1) is 6.92 Å². The number of aryl methyl sites for hydroxylation is 1. The molecule has 3 N–H and O–H groups in total. The summed E-state index contributed by atoms with van der Waals surface area (Å²) in [4.78, 5) is 11.6. The number of carbonyl (C=O) groups is 1. The first-order valence-electron chi connectivity index (χ1n) is 4.40. The van der Waals surface area contributed by atoms with Gasteiger partial charge in [-0.3, -0.25) is 4.79 Å². The average Bonchev–Trinajstić information content (AvgIpc) is 2.11. The van der Waals surface area contributed by atoms with Crippen LogP contribution >= 0.6 is 15.9 Å². The molecule has 1 amide bonds. The molecule has 0 heterocycles. The van der Waals surface area contributed by atoms with Gasteiger partial charge in [0.25, 0.3) is 5.91 Å². The lowest BCUT2D eigenvalue weighted by atomic mass is 10.1. The second-order valence-corrected chi connectivity index (χ2v) is 3.92. The van der Waals surface area contributed by atoms with E-state index < -0.39 is 0 Å². The number of halogens is 1. The smallest absolute Gasteiger partial charge is 0.253 e. The summed E-state index contributed by atoms with van der Waals surface area (Å²) in [5.41, 5.74) is 7.80. The van der Waals surface area contributed by atoms with Crippen molar-refractivity contribution in [3.8, 4) is 0 Å². The number of hydrogen-bond donors (Lipinski definition) is 2. The van der Waals surface area contributed by atoms with Gasteiger partial charge in [-0.2, -0.15) is 0 Å². The Morgan fingerprint density at radius 1 is 1.57 bits per heavy atom. The Hall–Kier alpha value is -1.03. The van der Waals surface area contributed by atoms with E-state index in [1.807, 2.05) is 19.9 Å². The molecule has 1 aromatic carbocycles. The largest absolute Gasteiger partial charge is 0.397 e. The maximum absolute atomic E-state index is 11.6. The molecule has 4 heteroatoms. The second-order valence-electron chi connectivity index (χ2n) is 3.07. The van der Waals surface area contributed by atoms with Crippen LogP contribution in [0.3, 0.4) is 0 Å². The fourth-order valence-electron chi connectivity index (χ4n) is 1.20. The van der Waals surface area contributed by atoms with E-state index in [0.717, 1.165) is 10.0 Å². The first-order valence-corrected chi connectivity index (χ1v) is 5.19. The summed E-state index contributed by atoms with van der Waals surface area (Å²) in [6.07, 6.45) is 0. The topological polar surface area (TPSA) is 55.1 Å². The van der Waals surface area contributed by atoms with E-state index in [4.69, 9.17) is 5.73 Å². The van der Waals surface area contributed by atoms with Crippen LogP contribution in [0.2, 0.25) is 0 Å². The van der Waals surface area contributed by atoms with E-state index in [2.05, 4.69) is 21.2 Å². The molecule has 76 valence electrons. The Bertz CT molecular complexity index is 363. The molecule has 0 bridgehead atoms. The van der Waals surface area contributed by atoms with Gasteiger partial charge in [0, 0.05) is 11.0 Å². The van der Waals surface area contributed by atoms with Crippen LogP contribution in [0.15, 0.2) is 16.6 Å². The Morgan fingerprint density at radius 2 is 2.21 bits per heavy atom. The molecule has 1 aromatic rings. The van der Waals surface area contributed by atoms with Gasteiger partial charge < -0.3 is 11.1 Å². The number of hydrogen-bond acceptors (Lipinski definition) is 2. The van der Waals surface area contributed by atoms with E-state index in [1.165, 1.54) is 0 Å². The van der Waals surface area contributed by atoms with Gasteiger partial charge in [-0.1, -0.05) is 0 Å². The van der Waals surface area contributed by atoms with Gasteiger partial charge in [0.05, 0.1) is 11.3 Å². The van der Waals surface area contributed by atoms with Crippen molar-refractivity contribution >= 4 is 27.5 Å². The first-order chi connectivity index (χ1) is 6.56. The highest BCUT2D eigenvalue weighted by atomic mass is 79.9. The minimum Gasteiger partial charge on any atom is -0.397 e. The van der Waals surface area contributed by atoms with Crippen LogP contribution in [0.4, 0.5) is 5.69 Å². The zero-order valence-electron chi connectivity index (χ0n) is 8.23. The van der Waals surface area contributed by atoms with Gasteiger partial charge in [0.1, 0.15) is 0 Å². The van der Waals surface area contributed by atoms with Gasteiger partial charge in [-0.05, 0) is 47.5 Å². The molecule has 0 aliphatic heterocycles. The zero-order chi connectivity index (χ0) is 10.7. The quantitative estimate of drug-likeness (QED) is 0.797. The summed E-state index contributed by atoms with van der Waals surface area (Å²) in [5, 5.41) is 2.72. The number of anilines is 1. The van der Waals surface area contributed by atoms with E-state index in [9.17, 15) is 4.79 Å². The third kappa shape index (κ3) is 2.26. The van der Waals surface area contributed by atoms with Gasteiger partial charge in [0.2, 0.25) is 0 Å². The molecule has 0 fully saturated rings. The van der Waals surface area contributed by atoms with Gasteiger partial charge in [0.15, 0.2) is 0 Å². The van der Waals surface area contributed by atoms with Gasteiger partial charge in [-0.25, -0.2) is 0 Å². The minimum atomic E-state index is -0.130. The Kier molecular flexibility index (Phi) is 3.52. The lowest BCUT2D eigenvalue weighted by Crippen LogP contribution is -2.23. The molecule has 0 aliphatic carbocycles. The number of benzene rings is 1. The summed E-state index contributed by atoms with van der Waals surface area (Å²) >= 11 is 3.31. The van der Waals surface area contributed by atoms with Crippen LogP contribution in [0.1, 0.15) is 22.8 Å². The first kappa shape index (κ1) is 11.0. The van der Waals surface area contributed by atoms with Crippen molar-refractivity contribution < 1.29 is 4.79 Å². The van der Waals surface area contributed by atoms with Crippen molar-refractivity contribution in [2.24, 2.45) is 0 Å². The minimum absolute atomic E-state index is 0.130. The van der Waals surface area contributed by atoms with Crippen molar-refractivity contribution in [3.05, 3.63) is 27.7 Å². The van der Waals surface area contributed by atoms with E-state index in [-0.39, 0.29) is 5.91 Å². The summed E-state index contributed by atoms with van der Waals surface area (Å²) in [5.74, 6) is -0.130. The van der Waals surface area contributed by atoms with Crippen molar-refractivity contribution in [1.29, 1.82) is 0 Å². The monoisotopic (exact) mass is 256 g/mol. The maximum atomic E-state index is 11.6.